The van der Waals surface area contributed by atoms with Crippen molar-refractivity contribution in [3.05, 3.63) is 11.6 Å². The van der Waals surface area contributed by atoms with E-state index in [1.807, 2.05) is 18.5 Å². The molecule has 1 saturated heterocycles. The lowest BCUT2D eigenvalue weighted by molar-refractivity contribution is 0.0376. The van der Waals surface area contributed by atoms with Gasteiger partial charge in [-0.15, -0.1) is 10.2 Å². The van der Waals surface area contributed by atoms with Crippen LogP contribution >= 0.6 is 0 Å². The van der Waals surface area contributed by atoms with E-state index in [1.165, 1.54) is 6.42 Å². The maximum Gasteiger partial charge on any atom is 0.191 e. The molecule has 2 atom stereocenters. The third-order valence-corrected chi connectivity index (χ3v) is 5.04. The number of hydrogen-bond acceptors (Lipinski definition) is 5. The zero-order chi connectivity index (χ0) is 17.6. The van der Waals surface area contributed by atoms with Crippen LogP contribution in [0.4, 0.5) is 0 Å². The third kappa shape index (κ3) is 5.40. The first-order valence-corrected chi connectivity index (χ1v) is 9.33. The van der Waals surface area contributed by atoms with Crippen molar-refractivity contribution in [3.63, 3.8) is 0 Å². The minimum absolute atomic E-state index is 0.539. The molecule has 2 fully saturated rings. The van der Waals surface area contributed by atoms with Gasteiger partial charge in [0, 0.05) is 32.7 Å². The van der Waals surface area contributed by atoms with E-state index in [-0.39, 0.29) is 0 Å². The van der Waals surface area contributed by atoms with E-state index in [1.54, 1.807) is 0 Å². The molecular weight excluding hydrogens is 318 g/mol. The van der Waals surface area contributed by atoms with E-state index in [0.29, 0.717) is 12.6 Å². The van der Waals surface area contributed by atoms with Gasteiger partial charge < -0.3 is 19.9 Å². The Labute approximate surface area is 150 Å². The Hall–Kier alpha value is -1.67. The number of aryl methyl sites for hydroxylation is 1. The van der Waals surface area contributed by atoms with Crippen LogP contribution < -0.4 is 10.6 Å². The standard InChI is InChI=1S/C17H31N7O/c1-13-11-15(13)20-17(19-12-16-22-21-14(2)23(16)3)18-5-4-6-24-7-9-25-10-8-24/h13,15H,4-12H2,1-3H3,(H2,18,19,20). The van der Waals surface area contributed by atoms with Crippen LogP contribution in [0.5, 0.6) is 0 Å². The van der Waals surface area contributed by atoms with Crippen molar-refractivity contribution in [2.24, 2.45) is 18.0 Å². The second-order valence-electron chi connectivity index (χ2n) is 7.09. The molecule has 8 nitrogen and oxygen atoms in total. The Balaban J connectivity index is 1.46. The fourth-order valence-electron chi connectivity index (χ4n) is 2.92. The maximum atomic E-state index is 5.39. The Bertz CT molecular complexity index is 580. The minimum atomic E-state index is 0.539. The van der Waals surface area contributed by atoms with E-state index in [4.69, 9.17) is 9.73 Å². The van der Waals surface area contributed by atoms with Gasteiger partial charge in [0.1, 0.15) is 12.4 Å². The molecule has 1 aliphatic heterocycles. The molecule has 3 rings (SSSR count). The van der Waals surface area contributed by atoms with Gasteiger partial charge in [-0.1, -0.05) is 6.92 Å². The average Bonchev–Trinajstić information content (AvgIpc) is 3.23. The van der Waals surface area contributed by atoms with Gasteiger partial charge in [0.15, 0.2) is 11.8 Å². The summed E-state index contributed by atoms with van der Waals surface area (Å²) in [5, 5.41) is 15.3. The van der Waals surface area contributed by atoms with Gasteiger partial charge in [-0.2, -0.15) is 0 Å². The molecule has 2 N–H and O–H groups in total. The maximum absolute atomic E-state index is 5.39. The van der Waals surface area contributed by atoms with Crippen molar-refractivity contribution < 1.29 is 4.74 Å². The molecule has 25 heavy (non-hydrogen) atoms. The van der Waals surface area contributed by atoms with Crippen molar-refractivity contribution in [2.45, 2.75) is 39.3 Å². The highest BCUT2D eigenvalue weighted by Gasteiger charge is 2.33. The van der Waals surface area contributed by atoms with E-state index in [2.05, 4.69) is 32.7 Å². The molecule has 2 aliphatic rings. The predicted octanol–water partition coefficient (Wildman–Crippen LogP) is 0.289. The fourth-order valence-corrected chi connectivity index (χ4v) is 2.92. The number of rotatable bonds is 7. The molecule has 0 aromatic carbocycles. The summed E-state index contributed by atoms with van der Waals surface area (Å²) in [6, 6.07) is 0.548. The monoisotopic (exact) mass is 349 g/mol. The van der Waals surface area contributed by atoms with Crippen molar-refractivity contribution in [1.82, 2.24) is 30.3 Å². The van der Waals surface area contributed by atoms with Crippen LogP contribution in [0.1, 0.15) is 31.4 Å². The topological polar surface area (TPSA) is 79.6 Å². The first kappa shape index (κ1) is 18.1. The molecule has 0 spiro atoms. The SMILES string of the molecule is Cc1nnc(CN=C(NCCCN2CCOCC2)NC2CC2C)n1C. The van der Waals surface area contributed by atoms with Crippen LogP contribution in [0, 0.1) is 12.8 Å². The Morgan fingerprint density at radius 1 is 1.32 bits per heavy atom. The van der Waals surface area contributed by atoms with Crippen LogP contribution in [0.2, 0.25) is 0 Å². The lowest BCUT2D eigenvalue weighted by Crippen LogP contribution is -2.41. The number of nitrogens with zero attached hydrogens (tertiary/aromatic N) is 5. The number of aromatic nitrogens is 3. The highest BCUT2D eigenvalue weighted by molar-refractivity contribution is 5.80. The van der Waals surface area contributed by atoms with Crippen molar-refractivity contribution in [2.75, 3.05) is 39.4 Å². The number of morpholine rings is 1. The Morgan fingerprint density at radius 2 is 2.08 bits per heavy atom. The summed E-state index contributed by atoms with van der Waals surface area (Å²) >= 11 is 0. The summed E-state index contributed by atoms with van der Waals surface area (Å²) in [6.45, 7) is 10.6. The summed E-state index contributed by atoms with van der Waals surface area (Å²) in [5.74, 6) is 3.42. The molecule has 0 bridgehead atoms. The zero-order valence-electron chi connectivity index (χ0n) is 15.7. The van der Waals surface area contributed by atoms with Gasteiger partial charge in [-0.25, -0.2) is 4.99 Å². The minimum Gasteiger partial charge on any atom is -0.379 e. The molecule has 2 heterocycles. The molecule has 1 aromatic rings. The summed E-state index contributed by atoms with van der Waals surface area (Å²) in [5.41, 5.74) is 0. The highest BCUT2D eigenvalue weighted by atomic mass is 16.5. The molecule has 140 valence electrons. The second-order valence-corrected chi connectivity index (χ2v) is 7.09. The summed E-state index contributed by atoms with van der Waals surface area (Å²) < 4.78 is 7.38. The lowest BCUT2D eigenvalue weighted by atomic mass is 10.3. The quantitative estimate of drug-likeness (QED) is 0.418. The van der Waals surface area contributed by atoms with Crippen LogP contribution in [0.3, 0.4) is 0 Å². The molecular formula is C17H31N7O. The molecule has 0 radical (unpaired) electrons. The number of nitrogens with one attached hydrogen (secondary N) is 2. The first-order valence-electron chi connectivity index (χ1n) is 9.33. The smallest absolute Gasteiger partial charge is 0.191 e. The molecule has 2 unspecified atom stereocenters. The third-order valence-electron chi connectivity index (χ3n) is 5.04. The van der Waals surface area contributed by atoms with Gasteiger partial charge >= 0.3 is 0 Å². The van der Waals surface area contributed by atoms with E-state index in [0.717, 1.165) is 69.3 Å². The first-order chi connectivity index (χ1) is 12.1. The molecule has 0 amide bonds. The van der Waals surface area contributed by atoms with E-state index >= 15 is 0 Å². The number of hydrogen-bond donors (Lipinski definition) is 2. The molecule has 8 heteroatoms. The highest BCUT2D eigenvalue weighted by Crippen LogP contribution is 2.28. The van der Waals surface area contributed by atoms with Crippen LogP contribution in [-0.2, 0) is 18.3 Å². The lowest BCUT2D eigenvalue weighted by Gasteiger charge is -2.26. The fraction of sp³-hybridized carbons (Fsp3) is 0.824. The van der Waals surface area contributed by atoms with Crippen LogP contribution in [0.25, 0.3) is 0 Å². The number of ether oxygens (including phenoxy) is 1. The predicted molar refractivity (Wildman–Crippen MR) is 97.5 cm³/mol. The van der Waals surface area contributed by atoms with Crippen molar-refractivity contribution >= 4 is 5.96 Å². The Kier molecular flexibility index (Phi) is 6.25. The van der Waals surface area contributed by atoms with Crippen molar-refractivity contribution in [3.8, 4) is 0 Å². The molecule has 1 aliphatic carbocycles. The number of aliphatic imine (C=N–C) groups is 1. The average molecular weight is 349 g/mol. The largest absolute Gasteiger partial charge is 0.379 e. The Morgan fingerprint density at radius 3 is 2.72 bits per heavy atom. The van der Waals surface area contributed by atoms with Crippen LogP contribution in [-0.4, -0.2) is 71.1 Å². The molecule has 1 saturated carbocycles. The molecule has 1 aromatic heterocycles. The summed E-state index contributed by atoms with van der Waals surface area (Å²) in [7, 11) is 1.98. The summed E-state index contributed by atoms with van der Waals surface area (Å²) in [6.07, 6.45) is 2.32. The van der Waals surface area contributed by atoms with Gasteiger partial charge in [0.2, 0.25) is 0 Å². The second kappa shape index (κ2) is 8.62. The van der Waals surface area contributed by atoms with Gasteiger partial charge in [0.05, 0.1) is 13.2 Å². The normalized spacial score (nSPS) is 24.4. The summed E-state index contributed by atoms with van der Waals surface area (Å²) in [4.78, 5) is 7.16. The number of guanidine groups is 1. The van der Waals surface area contributed by atoms with Crippen molar-refractivity contribution in [1.29, 1.82) is 0 Å². The van der Waals surface area contributed by atoms with Crippen LogP contribution in [0.15, 0.2) is 4.99 Å². The zero-order valence-corrected chi connectivity index (χ0v) is 15.7. The van der Waals surface area contributed by atoms with Gasteiger partial charge in [-0.3, -0.25) is 4.90 Å². The van der Waals surface area contributed by atoms with E-state index < -0.39 is 0 Å². The van der Waals surface area contributed by atoms with E-state index in [9.17, 15) is 0 Å². The van der Waals surface area contributed by atoms with Gasteiger partial charge in [-0.05, 0) is 32.2 Å². The van der Waals surface area contributed by atoms with Gasteiger partial charge in [0.25, 0.3) is 0 Å².